The summed E-state index contributed by atoms with van der Waals surface area (Å²) in [5.41, 5.74) is -0.0710. The number of ether oxygens (including phenoxy) is 1. The summed E-state index contributed by atoms with van der Waals surface area (Å²) < 4.78 is 17.7. The predicted octanol–water partition coefficient (Wildman–Crippen LogP) is 2.25. The number of esters is 1. The molecule has 0 aliphatic carbocycles. The molecule has 0 saturated heterocycles. The number of nitrogens with zero attached hydrogens (tertiary/aromatic N) is 1. The van der Waals surface area contributed by atoms with Gasteiger partial charge in [0.05, 0.1) is 17.1 Å². The van der Waals surface area contributed by atoms with Crippen LogP contribution in [0.25, 0.3) is 0 Å². The van der Waals surface area contributed by atoms with Crippen molar-refractivity contribution in [3.63, 3.8) is 0 Å². The fourth-order valence-corrected chi connectivity index (χ4v) is 1.50. The molecule has 0 aliphatic heterocycles. The number of carbonyl (C=O) groups is 1. The van der Waals surface area contributed by atoms with Crippen LogP contribution in [-0.2, 0) is 4.74 Å². The van der Waals surface area contributed by atoms with Crippen molar-refractivity contribution in [1.82, 2.24) is 0 Å². The van der Waals surface area contributed by atoms with Gasteiger partial charge in [0, 0.05) is 0 Å². The number of rotatable bonds is 1. The van der Waals surface area contributed by atoms with E-state index < -0.39 is 11.8 Å². The maximum Gasteiger partial charge on any atom is 0.342 e. The van der Waals surface area contributed by atoms with E-state index in [4.69, 9.17) is 5.26 Å². The zero-order valence-electron chi connectivity index (χ0n) is 7.17. The molecule has 72 valence electrons. The molecule has 0 bridgehead atoms. The first kappa shape index (κ1) is 10.7. The van der Waals surface area contributed by atoms with Gasteiger partial charge in [-0.2, -0.15) is 5.26 Å². The van der Waals surface area contributed by atoms with Crippen molar-refractivity contribution >= 4 is 21.9 Å². The Morgan fingerprint density at radius 1 is 1.64 bits per heavy atom. The molecule has 1 rings (SSSR count). The van der Waals surface area contributed by atoms with Gasteiger partial charge in [-0.3, -0.25) is 0 Å². The number of benzene rings is 1. The normalized spacial score (nSPS) is 9.29. The van der Waals surface area contributed by atoms with Gasteiger partial charge in [0.15, 0.2) is 0 Å². The summed E-state index contributed by atoms with van der Waals surface area (Å²) in [6, 6.07) is 4.16. The molecule has 5 heteroatoms. The highest BCUT2D eigenvalue weighted by Gasteiger charge is 2.18. The molecule has 0 atom stereocenters. The van der Waals surface area contributed by atoms with Crippen molar-refractivity contribution in [1.29, 1.82) is 5.26 Å². The standard InChI is InChI=1S/C9H5BrFNO2/c1-14-9(13)7-6(11)3-2-5(4-12)8(7)10/h2-3H,1H3. The minimum atomic E-state index is -0.813. The molecular weight excluding hydrogens is 253 g/mol. The van der Waals surface area contributed by atoms with Crippen LogP contribution in [0.2, 0.25) is 0 Å². The number of methoxy groups -OCH3 is 1. The van der Waals surface area contributed by atoms with Gasteiger partial charge < -0.3 is 4.74 Å². The van der Waals surface area contributed by atoms with E-state index in [0.29, 0.717) is 0 Å². The molecule has 0 heterocycles. The van der Waals surface area contributed by atoms with Gasteiger partial charge in [-0.1, -0.05) is 0 Å². The summed E-state index contributed by atoms with van der Waals surface area (Å²) in [6.07, 6.45) is 0. The monoisotopic (exact) mass is 257 g/mol. The van der Waals surface area contributed by atoms with Gasteiger partial charge in [-0.05, 0) is 28.1 Å². The first-order valence-corrected chi connectivity index (χ1v) is 4.37. The first-order chi connectivity index (χ1) is 6.61. The fourth-order valence-electron chi connectivity index (χ4n) is 0.928. The van der Waals surface area contributed by atoms with Crippen molar-refractivity contribution in [2.45, 2.75) is 0 Å². The second-order valence-electron chi connectivity index (χ2n) is 2.39. The molecule has 0 spiro atoms. The third-order valence-electron chi connectivity index (χ3n) is 1.60. The van der Waals surface area contributed by atoms with E-state index in [1.54, 1.807) is 0 Å². The summed E-state index contributed by atoms with van der Waals surface area (Å²) in [6.45, 7) is 0. The Bertz CT molecular complexity index is 426. The number of carbonyl (C=O) groups excluding carboxylic acids is 1. The highest BCUT2D eigenvalue weighted by Crippen LogP contribution is 2.24. The number of halogens is 2. The van der Waals surface area contributed by atoms with Crippen molar-refractivity contribution in [2.24, 2.45) is 0 Å². The Morgan fingerprint density at radius 2 is 2.29 bits per heavy atom. The molecule has 0 amide bonds. The third kappa shape index (κ3) is 1.75. The highest BCUT2D eigenvalue weighted by atomic mass is 79.9. The van der Waals surface area contributed by atoms with E-state index in [-0.39, 0.29) is 15.6 Å². The predicted molar refractivity (Wildman–Crippen MR) is 50.2 cm³/mol. The maximum atomic E-state index is 13.2. The summed E-state index contributed by atoms with van der Waals surface area (Å²) in [5.74, 6) is -1.53. The number of hydrogen-bond donors (Lipinski definition) is 0. The lowest BCUT2D eigenvalue weighted by Gasteiger charge is -2.04. The van der Waals surface area contributed by atoms with Gasteiger partial charge in [0.25, 0.3) is 0 Å². The average molecular weight is 258 g/mol. The zero-order chi connectivity index (χ0) is 10.7. The quantitative estimate of drug-likeness (QED) is 0.726. The topological polar surface area (TPSA) is 50.1 Å². The lowest BCUT2D eigenvalue weighted by atomic mass is 10.1. The third-order valence-corrected chi connectivity index (χ3v) is 2.42. The molecule has 0 unspecified atom stereocenters. The maximum absolute atomic E-state index is 13.2. The minimum absolute atomic E-state index is 0.117. The van der Waals surface area contributed by atoms with Gasteiger partial charge >= 0.3 is 5.97 Å². The summed E-state index contributed by atoms with van der Waals surface area (Å²) in [5, 5.41) is 8.63. The lowest BCUT2D eigenvalue weighted by Crippen LogP contribution is -2.06. The average Bonchev–Trinajstić information content (AvgIpc) is 2.18. The second kappa shape index (κ2) is 4.20. The van der Waals surface area contributed by atoms with E-state index in [1.807, 2.05) is 6.07 Å². The lowest BCUT2D eigenvalue weighted by molar-refractivity contribution is 0.0594. The van der Waals surface area contributed by atoms with Crippen molar-refractivity contribution in [2.75, 3.05) is 7.11 Å². The Hall–Kier alpha value is -1.41. The largest absolute Gasteiger partial charge is 0.465 e. The van der Waals surface area contributed by atoms with E-state index in [2.05, 4.69) is 20.7 Å². The summed E-state index contributed by atoms with van der Waals surface area (Å²) in [4.78, 5) is 11.1. The van der Waals surface area contributed by atoms with Crippen LogP contribution in [0.15, 0.2) is 16.6 Å². The second-order valence-corrected chi connectivity index (χ2v) is 3.18. The van der Waals surface area contributed by atoms with Crippen LogP contribution in [0.3, 0.4) is 0 Å². The Morgan fingerprint density at radius 3 is 2.79 bits per heavy atom. The zero-order valence-corrected chi connectivity index (χ0v) is 8.76. The van der Waals surface area contributed by atoms with Crippen LogP contribution in [0, 0.1) is 17.1 Å². The molecule has 0 aromatic heterocycles. The fraction of sp³-hybridized carbons (Fsp3) is 0.111. The van der Waals surface area contributed by atoms with Crippen molar-refractivity contribution < 1.29 is 13.9 Å². The van der Waals surface area contributed by atoms with Crippen LogP contribution in [0.1, 0.15) is 15.9 Å². The number of nitriles is 1. The Kier molecular flexibility index (Phi) is 3.20. The molecule has 0 fully saturated rings. The minimum Gasteiger partial charge on any atom is -0.465 e. The molecular formula is C9H5BrFNO2. The van der Waals surface area contributed by atoms with Gasteiger partial charge in [0.2, 0.25) is 0 Å². The molecule has 3 nitrogen and oxygen atoms in total. The van der Waals surface area contributed by atoms with Crippen LogP contribution in [0.5, 0.6) is 0 Å². The number of hydrogen-bond acceptors (Lipinski definition) is 3. The molecule has 1 aromatic carbocycles. The van der Waals surface area contributed by atoms with Crippen LogP contribution in [-0.4, -0.2) is 13.1 Å². The van der Waals surface area contributed by atoms with Crippen molar-refractivity contribution in [3.05, 3.63) is 33.5 Å². The molecule has 0 saturated carbocycles. The van der Waals surface area contributed by atoms with Gasteiger partial charge in [-0.25, -0.2) is 9.18 Å². The Balaban J connectivity index is 3.42. The van der Waals surface area contributed by atoms with E-state index in [1.165, 1.54) is 6.07 Å². The highest BCUT2D eigenvalue weighted by molar-refractivity contribution is 9.10. The molecule has 0 N–H and O–H groups in total. The smallest absolute Gasteiger partial charge is 0.342 e. The Labute approximate surface area is 88.2 Å². The van der Waals surface area contributed by atoms with Crippen LogP contribution < -0.4 is 0 Å². The van der Waals surface area contributed by atoms with Crippen molar-refractivity contribution in [3.8, 4) is 6.07 Å². The van der Waals surface area contributed by atoms with Crippen LogP contribution >= 0.6 is 15.9 Å². The first-order valence-electron chi connectivity index (χ1n) is 3.58. The van der Waals surface area contributed by atoms with Gasteiger partial charge in [0.1, 0.15) is 17.4 Å². The molecule has 0 radical (unpaired) electrons. The molecule has 14 heavy (non-hydrogen) atoms. The van der Waals surface area contributed by atoms with Crippen LogP contribution in [0.4, 0.5) is 4.39 Å². The SMILES string of the molecule is COC(=O)c1c(F)ccc(C#N)c1Br. The molecule has 0 aliphatic rings. The van der Waals surface area contributed by atoms with E-state index >= 15 is 0 Å². The summed E-state index contributed by atoms with van der Waals surface area (Å²) in [7, 11) is 1.15. The van der Waals surface area contributed by atoms with E-state index in [9.17, 15) is 9.18 Å². The van der Waals surface area contributed by atoms with E-state index in [0.717, 1.165) is 13.2 Å². The molecule has 1 aromatic rings. The van der Waals surface area contributed by atoms with Gasteiger partial charge in [-0.15, -0.1) is 0 Å². The summed E-state index contributed by atoms with van der Waals surface area (Å²) >= 11 is 2.97.